The summed E-state index contributed by atoms with van der Waals surface area (Å²) in [4.78, 5) is 21.1. The molecule has 15 heavy (non-hydrogen) atoms. The zero-order valence-corrected chi connectivity index (χ0v) is 8.98. The first-order valence-electron chi connectivity index (χ1n) is 3.98. The topological polar surface area (TPSA) is 77.8 Å². The Hall–Kier alpha value is -1.33. The predicted octanol–water partition coefficient (Wildman–Crippen LogP) is 1.08. The minimum absolute atomic E-state index is 0.301. The Morgan fingerprint density at radius 2 is 1.60 bits per heavy atom. The van der Waals surface area contributed by atoms with Crippen molar-refractivity contribution in [3.63, 3.8) is 0 Å². The highest BCUT2D eigenvalue weighted by atomic mass is 35.5. The Kier molecular flexibility index (Phi) is 11.5. The van der Waals surface area contributed by atoms with Crippen LogP contribution < -0.4 is 0 Å². The van der Waals surface area contributed by atoms with Crippen LogP contribution in [0.15, 0.2) is 25.3 Å². The van der Waals surface area contributed by atoms with Crippen molar-refractivity contribution < 1.29 is 19.8 Å². The number of amides is 1. The molecule has 0 rings (SSSR count). The summed E-state index contributed by atoms with van der Waals surface area (Å²) in [6.45, 7) is 7.42. The lowest BCUT2D eigenvalue weighted by atomic mass is 10.4. The van der Waals surface area contributed by atoms with Gasteiger partial charge in [-0.25, -0.2) is 4.79 Å². The molecule has 0 aromatic carbocycles. The molecule has 0 aliphatic heterocycles. The third-order valence-electron chi connectivity index (χ3n) is 1.19. The van der Waals surface area contributed by atoms with E-state index in [0.29, 0.717) is 13.1 Å². The van der Waals surface area contributed by atoms with Gasteiger partial charge in [-0.1, -0.05) is 12.2 Å². The second kappa shape index (κ2) is 10.7. The van der Waals surface area contributed by atoms with Gasteiger partial charge in [0.1, 0.15) is 6.61 Å². The Morgan fingerprint density at radius 3 is 1.80 bits per heavy atom. The molecule has 5 nitrogen and oxygen atoms in total. The highest BCUT2D eigenvalue weighted by Gasteiger charge is 2.07. The van der Waals surface area contributed by atoms with Gasteiger partial charge in [0.2, 0.25) is 5.91 Å². The summed E-state index contributed by atoms with van der Waals surface area (Å²) in [6.07, 6.45) is 3.22. The Morgan fingerprint density at radius 1 is 1.27 bits per heavy atom. The van der Waals surface area contributed by atoms with Crippen LogP contribution in [0.5, 0.6) is 0 Å². The van der Waals surface area contributed by atoms with E-state index in [1.807, 2.05) is 0 Å². The first kappa shape index (κ1) is 16.1. The van der Waals surface area contributed by atoms with Gasteiger partial charge >= 0.3 is 5.43 Å². The van der Waals surface area contributed by atoms with E-state index in [9.17, 15) is 4.79 Å². The second-order valence-corrected chi connectivity index (χ2v) is 2.61. The number of carbonyl (C=O) groups is 2. The zero-order valence-electron chi connectivity index (χ0n) is 8.23. The van der Waals surface area contributed by atoms with Crippen molar-refractivity contribution in [1.82, 2.24) is 4.90 Å². The van der Waals surface area contributed by atoms with Gasteiger partial charge in [0, 0.05) is 24.7 Å². The maximum absolute atomic E-state index is 10.9. The quantitative estimate of drug-likeness (QED) is 0.552. The predicted molar refractivity (Wildman–Crippen MR) is 57.9 cm³/mol. The molecule has 0 saturated heterocycles. The molecular weight excluding hydrogens is 222 g/mol. The van der Waals surface area contributed by atoms with Crippen LogP contribution in [0.4, 0.5) is 4.79 Å². The fourth-order valence-corrected chi connectivity index (χ4v) is 0.690. The van der Waals surface area contributed by atoms with Crippen molar-refractivity contribution in [2.24, 2.45) is 0 Å². The number of halogens is 1. The van der Waals surface area contributed by atoms with Gasteiger partial charge in [-0.05, 0) is 0 Å². The molecule has 0 fully saturated rings. The highest BCUT2D eigenvalue weighted by molar-refractivity contribution is 6.60. The highest BCUT2D eigenvalue weighted by Crippen LogP contribution is 1.89. The van der Waals surface area contributed by atoms with Crippen molar-refractivity contribution in [1.29, 1.82) is 0 Å². The van der Waals surface area contributed by atoms with Crippen molar-refractivity contribution in [2.45, 2.75) is 0 Å². The number of hydrogen-bond donors (Lipinski definition) is 2. The van der Waals surface area contributed by atoms with E-state index in [1.165, 1.54) is 4.90 Å². The van der Waals surface area contributed by atoms with Crippen molar-refractivity contribution in [3.8, 4) is 0 Å². The van der Waals surface area contributed by atoms with E-state index < -0.39 is 12.0 Å². The van der Waals surface area contributed by atoms with Gasteiger partial charge in [-0.15, -0.1) is 13.2 Å². The molecule has 6 heteroatoms. The molecule has 0 aliphatic carbocycles. The van der Waals surface area contributed by atoms with E-state index in [4.69, 9.17) is 15.0 Å². The number of rotatable bonds is 5. The van der Waals surface area contributed by atoms with E-state index in [1.54, 1.807) is 12.2 Å². The largest absolute Gasteiger partial charge is 0.469 e. The second-order valence-electron chi connectivity index (χ2n) is 2.29. The van der Waals surface area contributed by atoms with Gasteiger partial charge in [0.25, 0.3) is 0 Å². The summed E-state index contributed by atoms with van der Waals surface area (Å²) < 4.78 is 0. The van der Waals surface area contributed by atoms with Crippen LogP contribution in [-0.2, 0) is 4.79 Å². The molecule has 0 atom stereocenters. The molecule has 2 N–H and O–H groups in total. The van der Waals surface area contributed by atoms with Crippen LogP contribution in [0.1, 0.15) is 0 Å². The average molecular weight is 236 g/mol. The molecule has 0 saturated carbocycles. The smallest absolute Gasteiger partial charge is 0.401 e. The third kappa shape index (κ3) is 12.7. The molecule has 1 amide bonds. The van der Waals surface area contributed by atoms with Crippen LogP contribution in [0.2, 0.25) is 0 Å². The molecule has 0 spiro atoms. The third-order valence-corrected chi connectivity index (χ3v) is 1.19. The van der Waals surface area contributed by atoms with Gasteiger partial charge in [0.05, 0.1) is 0 Å². The number of aliphatic hydroxyl groups excluding tert-OH is 1. The zero-order chi connectivity index (χ0) is 12.3. The lowest BCUT2D eigenvalue weighted by Gasteiger charge is -2.17. The molecule has 0 aromatic rings. The lowest BCUT2D eigenvalue weighted by Crippen LogP contribution is -2.33. The van der Waals surface area contributed by atoms with Gasteiger partial charge in [0.15, 0.2) is 0 Å². The first-order valence-corrected chi connectivity index (χ1v) is 4.36. The normalized spacial score (nSPS) is 8.13. The molecule has 0 radical (unpaired) electrons. The summed E-state index contributed by atoms with van der Waals surface area (Å²) in [5.41, 5.74) is -1.36. The number of nitrogens with zero attached hydrogens (tertiary/aromatic N) is 1. The van der Waals surface area contributed by atoms with Crippen LogP contribution in [0.25, 0.3) is 0 Å². The van der Waals surface area contributed by atoms with Crippen molar-refractivity contribution >= 4 is 22.9 Å². The van der Waals surface area contributed by atoms with E-state index >= 15 is 0 Å². The minimum Gasteiger partial charge on any atom is -0.469 e. The van der Waals surface area contributed by atoms with Crippen molar-refractivity contribution in [3.05, 3.63) is 25.3 Å². The summed E-state index contributed by atoms with van der Waals surface area (Å²) in [5, 5.41) is 15.7. The average Bonchev–Trinajstić information content (AvgIpc) is 2.15. The van der Waals surface area contributed by atoms with Crippen LogP contribution >= 0.6 is 11.6 Å². The van der Waals surface area contributed by atoms with Crippen LogP contribution in [0, 0.1) is 0 Å². The SMILES string of the molecule is C=CCN(CC=C)C(=O)CO.O=C(O)Cl. The van der Waals surface area contributed by atoms with Gasteiger partial charge in [-0.3, -0.25) is 4.79 Å². The Bertz CT molecular complexity index is 216. The number of carboxylic acid groups (broad SMARTS) is 1. The van der Waals surface area contributed by atoms with Crippen molar-refractivity contribution in [2.75, 3.05) is 19.7 Å². The fraction of sp³-hybridized carbons (Fsp3) is 0.333. The maximum atomic E-state index is 10.9. The summed E-state index contributed by atoms with van der Waals surface area (Å²) >= 11 is 4.19. The summed E-state index contributed by atoms with van der Waals surface area (Å²) in [5.74, 6) is -0.301. The summed E-state index contributed by atoms with van der Waals surface area (Å²) in [6, 6.07) is 0. The van der Waals surface area contributed by atoms with E-state index in [-0.39, 0.29) is 5.91 Å². The van der Waals surface area contributed by atoms with E-state index in [0.717, 1.165) is 0 Å². The maximum Gasteiger partial charge on any atom is 0.401 e. The number of carbonyl (C=O) groups excluding carboxylic acids is 1. The van der Waals surface area contributed by atoms with Gasteiger partial charge in [-0.2, -0.15) is 0 Å². The molecule has 0 heterocycles. The molecule has 0 bridgehead atoms. The number of aliphatic hydroxyl groups is 1. The molecule has 0 aromatic heterocycles. The fourth-order valence-electron chi connectivity index (χ4n) is 0.690. The molecule has 86 valence electrons. The standard InChI is InChI=1S/C8H13NO2.CHClO2/c1-3-5-9(6-4-2)8(11)7-10;2-1(3)4/h3-4,10H,1-2,5-7H2;(H,3,4). The minimum atomic E-state index is -1.36. The first-order chi connectivity index (χ1) is 6.99. The monoisotopic (exact) mass is 235 g/mol. The Labute approximate surface area is 93.3 Å². The lowest BCUT2D eigenvalue weighted by molar-refractivity contribution is -0.133. The number of hydrogen-bond acceptors (Lipinski definition) is 3. The van der Waals surface area contributed by atoms with Crippen LogP contribution in [0.3, 0.4) is 0 Å². The molecule has 0 unspecified atom stereocenters. The van der Waals surface area contributed by atoms with E-state index in [2.05, 4.69) is 24.8 Å². The van der Waals surface area contributed by atoms with Crippen LogP contribution in [-0.4, -0.2) is 46.1 Å². The summed E-state index contributed by atoms with van der Waals surface area (Å²) in [7, 11) is 0. The molecule has 0 aliphatic rings. The molecular formula is C9H14ClNO4. The van der Waals surface area contributed by atoms with Gasteiger partial charge < -0.3 is 15.1 Å². The Balaban J connectivity index is 0.